The number of hydrogen-bond donors (Lipinski definition) is 1. The molecule has 1 heterocycles. The van der Waals surface area contributed by atoms with Crippen LogP contribution in [0.25, 0.3) is 10.9 Å². The predicted molar refractivity (Wildman–Crippen MR) is 130 cm³/mol. The first-order valence-electron chi connectivity index (χ1n) is 11.0. The number of methoxy groups -OCH3 is 1. The Hall–Kier alpha value is -3.13. The largest absolute Gasteiger partial charge is 0.469 e. The highest BCUT2D eigenvalue weighted by molar-refractivity contribution is 8.00. The minimum Gasteiger partial charge on any atom is -0.469 e. The van der Waals surface area contributed by atoms with Crippen LogP contribution in [0.3, 0.4) is 0 Å². The van der Waals surface area contributed by atoms with Crippen molar-refractivity contribution in [3.8, 4) is 0 Å². The summed E-state index contributed by atoms with van der Waals surface area (Å²) in [6.45, 7) is 4.00. The van der Waals surface area contributed by atoms with Crippen LogP contribution >= 0.6 is 11.8 Å². The molecular weight excluding hydrogens is 438 g/mol. The molecule has 174 valence electrons. The van der Waals surface area contributed by atoms with E-state index in [0.717, 1.165) is 18.4 Å². The third-order valence-corrected chi connectivity index (χ3v) is 6.43. The molecule has 33 heavy (non-hydrogen) atoms. The zero-order valence-electron chi connectivity index (χ0n) is 19.1. The molecule has 3 aromatic rings. The van der Waals surface area contributed by atoms with Gasteiger partial charge in [-0.15, -0.1) is 0 Å². The van der Waals surface area contributed by atoms with Gasteiger partial charge in [0.25, 0.3) is 5.56 Å². The highest BCUT2D eigenvalue weighted by Crippen LogP contribution is 2.25. The number of aromatic nitrogens is 2. The van der Waals surface area contributed by atoms with Crippen molar-refractivity contribution in [1.29, 1.82) is 0 Å². The lowest BCUT2D eigenvalue weighted by Crippen LogP contribution is -2.35. The monoisotopic (exact) mass is 467 g/mol. The van der Waals surface area contributed by atoms with E-state index in [1.54, 1.807) is 25.1 Å². The fourth-order valence-electron chi connectivity index (χ4n) is 3.54. The standard InChI is InChI=1S/C25H29N3O4S/c1-4-10-20(18-11-6-5-7-12-18)26-23(30)17(2)33-25-27-21-14-9-8-13-19(21)24(31)28(25)16-15-22(29)32-3/h5-9,11-14,17,20H,4,10,15-16H2,1-3H3,(H,26,30). The Morgan fingerprint density at radius 1 is 1.12 bits per heavy atom. The number of benzene rings is 2. The lowest BCUT2D eigenvalue weighted by molar-refractivity contribution is -0.140. The SMILES string of the molecule is CCCC(NC(=O)C(C)Sc1nc2ccccc2c(=O)n1CCC(=O)OC)c1ccccc1. The van der Waals surface area contributed by atoms with Gasteiger partial charge in [0.2, 0.25) is 5.91 Å². The van der Waals surface area contributed by atoms with E-state index in [-0.39, 0.29) is 30.5 Å². The molecule has 0 saturated carbocycles. The van der Waals surface area contributed by atoms with Crippen molar-refractivity contribution < 1.29 is 14.3 Å². The zero-order chi connectivity index (χ0) is 23.8. The maximum atomic E-state index is 13.1. The maximum Gasteiger partial charge on any atom is 0.307 e. The molecule has 0 spiro atoms. The molecule has 0 bridgehead atoms. The van der Waals surface area contributed by atoms with Crippen LogP contribution in [0.5, 0.6) is 0 Å². The second-order valence-electron chi connectivity index (χ2n) is 7.72. The van der Waals surface area contributed by atoms with Crippen molar-refractivity contribution in [2.45, 2.75) is 56.1 Å². The lowest BCUT2D eigenvalue weighted by Gasteiger charge is -2.21. The fourth-order valence-corrected chi connectivity index (χ4v) is 4.48. The van der Waals surface area contributed by atoms with Crippen molar-refractivity contribution in [3.63, 3.8) is 0 Å². The maximum absolute atomic E-state index is 13.1. The van der Waals surface area contributed by atoms with Crippen LogP contribution in [-0.4, -0.2) is 33.8 Å². The summed E-state index contributed by atoms with van der Waals surface area (Å²) in [5.74, 6) is -0.550. The first kappa shape index (κ1) is 24.5. The minimum absolute atomic E-state index is 0.0388. The quantitative estimate of drug-likeness (QED) is 0.274. The van der Waals surface area contributed by atoms with Crippen LogP contribution in [-0.2, 0) is 20.9 Å². The van der Waals surface area contributed by atoms with E-state index < -0.39 is 11.2 Å². The number of ether oxygens (including phenoxy) is 1. The Balaban J connectivity index is 1.85. The third-order valence-electron chi connectivity index (χ3n) is 5.34. The summed E-state index contributed by atoms with van der Waals surface area (Å²) in [6, 6.07) is 16.9. The fraction of sp³-hybridized carbons (Fsp3) is 0.360. The molecule has 8 heteroatoms. The van der Waals surface area contributed by atoms with E-state index in [9.17, 15) is 14.4 Å². The van der Waals surface area contributed by atoms with Crippen LogP contribution in [0.15, 0.2) is 64.5 Å². The summed E-state index contributed by atoms with van der Waals surface area (Å²) in [7, 11) is 1.31. The molecule has 0 fully saturated rings. The number of fused-ring (bicyclic) bond motifs is 1. The number of carbonyl (C=O) groups is 2. The second kappa shape index (κ2) is 11.7. The summed E-state index contributed by atoms with van der Waals surface area (Å²) >= 11 is 1.21. The Kier molecular flexibility index (Phi) is 8.65. The topological polar surface area (TPSA) is 90.3 Å². The Labute approximate surface area is 197 Å². The average Bonchev–Trinajstić information content (AvgIpc) is 2.83. The van der Waals surface area contributed by atoms with E-state index in [1.807, 2.05) is 36.4 Å². The third kappa shape index (κ3) is 6.22. The highest BCUT2D eigenvalue weighted by Gasteiger charge is 2.22. The molecular formula is C25H29N3O4S. The molecule has 0 radical (unpaired) electrons. The summed E-state index contributed by atoms with van der Waals surface area (Å²) in [4.78, 5) is 42.5. The van der Waals surface area contributed by atoms with E-state index in [1.165, 1.54) is 23.4 Å². The molecule has 7 nitrogen and oxygen atoms in total. The van der Waals surface area contributed by atoms with Crippen molar-refractivity contribution in [2.24, 2.45) is 0 Å². The van der Waals surface area contributed by atoms with Gasteiger partial charge in [-0.3, -0.25) is 19.0 Å². The number of amides is 1. The van der Waals surface area contributed by atoms with Crippen LogP contribution in [0.4, 0.5) is 0 Å². The molecule has 0 saturated heterocycles. The van der Waals surface area contributed by atoms with Crippen molar-refractivity contribution in [3.05, 3.63) is 70.5 Å². The Morgan fingerprint density at radius 2 is 1.82 bits per heavy atom. The molecule has 2 unspecified atom stereocenters. The number of esters is 1. The van der Waals surface area contributed by atoms with Crippen molar-refractivity contribution in [1.82, 2.24) is 14.9 Å². The molecule has 1 N–H and O–H groups in total. The number of thioether (sulfide) groups is 1. The average molecular weight is 468 g/mol. The van der Waals surface area contributed by atoms with Gasteiger partial charge in [-0.05, 0) is 31.0 Å². The van der Waals surface area contributed by atoms with Crippen LogP contribution < -0.4 is 10.9 Å². The van der Waals surface area contributed by atoms with Gasteiger partial charge in [0.05, 0.1) is 35.7 Å². The van der Waals surface area contributed by atoms with Gasteiger partial charge in [0.1, 0.15) is 0 Å². The van der Waals surface area contributed by atoms with Crippen molar-refractivity contribution in [2.75, 3.05) is 7.11 Å². The first-order valence-corrected chi connectivity index (χ1v) is 11.9. The van der Waals surface area contributed by atoms with Crippen LogP contribution in [0, 0.1) is 0 Å². The number of nitrogens with zero attached hydrogens (tertiary/aromatic N) is 2. The van der Waals surface area contributed by atoms with Gasteiger partial charge in [-0.2, -0.15) is 0 Å². The highest BCUT2D eigenvalue weighted by atomic mass is 32.2. The molecule has 2 atom stereocenters. The number of nitrogens with one attached hydrogen (secondary N) is 1. The number of rotatable bonds is 10. The van der Waals surface area contributed by atoms with Gasteiger partial charge < -0.3 is 10.1 Å². The lowest BCUT2D eigenvalue weighted by atomic mass is 10.0. The zero-order valence-corrected chi connectivity index (χ0v) is 19.9. The molecule has 1 amide bonds. The normalized spacial score (nSPS) is 12.8. The Morgan fingerprint density at radius 3 is 2.52 bits per heavy atom. The summed E-state index contributed by atoms with van der Waals surface area (Å²) in [6.07, 6.45) is 1.79. The molecule has 0 aliphatic carbocycles. The van der Waals surface area contributed by atoms with Gasteiger partial charge in [0.15, 0.2) is 5.16 Å². The minimum atomic E-state index is -0.495. The molecule has 0 aliphatic heterocycles. The molecule has 1 aromatic heterocycles. The van der Waals surface area contributed by atoms with Crippen LogP contribution in [0.1, 0.15) is 44.7 Å². The molecule has 3 rings (SSSR count). The summed E-state index contributed by atoms with van der Waals surface area (Å²) < 4.78 is 6.17. The number of para-hydroxylation sites is 1. The van der Waals surface area contributed by atoms with Gasteiger partial charge in [0, 0.05) is 6.54 Å². The Bertz CT molecular complexity index is 1160. The van der Waals surface area contributed by atoms with Crippen molar-refractivity contribution >= 4 is 34.5 Å². The van der Waals surface area contributed by atoms with Crippen LogP contribution in [0.2, 0.25) is 0 Å². The van der Waals surface area contributed by atoms with E-state index >= 15 is 0 Å². The predicted octanol–water partition coefficient (Wildman–Crippen LogP) is 4.10. The van der Waals surface area contributed by atoms with Gasteiger partial charge in [-0.1, -0.05) is 67.6 Å². The summed E-state index contributed by atoms with van der Waals surface area (Å²) in [5, 5.41) is 3.51. The number of carbonyl (C=O) groups excluding carboxylic acids is 2. The second-order valence-corrected chi connectivity index (χ2v) is 9.02. The van der Waals surface area contributed by atoms with Gasteiger partial charge in [-0.25, -0.2) is 4.98 Å². The van der Waals surface area contributed by atoms with E-state index in [0.29, 0.717) is 16.1 Å². The first-order chi connectivity index (χ1) is 15.9. The van der Waals surface area contributed by atoms with E-state index in [4.69, 9.17) is 4.74 Å². The smallest absolute Gasteiger partial charge is 0.307 e. The van der Waals surface area contributed by atoms with Gasteiger partial charge >= 0.3 is 5.97 Å². The van der Waals surface area contributed by atoms with E-state index in [2.05, 4.69) is 17.2 Å². The molecule has 0 aliphatic rings. The molecule has 2 aromatic carbocycles. The summed E-state index contributed by atoms with van der Waals surface area (Å²) in [5.41, 5.74) is 1.37. The number of hydrogen-bond acceptors (Lipinski definition) is 6.